The molecule has 11 heteroatoms. The SMILES string of the molecule is N/N=C(\CC1C(O)CCCN1C(=O)O)Cn1cnc2cc(Br)c(Cl)cc2c1=O. The molecule has 1 saturated heterocycles. The van der Waals surface area contributed by atoms with Gasteiger partial charge in [-0.2, -0.15) is 5.10 Å². The lowest BCUT2D eigenvalue weighted by Crippen LogP contribution is -2.51. The Kier molecular flexibility index (Phi) is 6.21. The number of rotatable bonds is 4. The molecule has 0 spiro atoms. The van der Waals surface area contributed by atoms with Crippen LogP contribution in [-0.2, 0) is 6.54 Å². The highest BCUT2D eigenvalue weighted by molar-refractivity contribution is 9.10. The Bertz CT molecular complexity index is 995. The molecule has 0 bridgehead atoms. The summed E-state index contributed by atoms with van der Waals surface area (Å²) in [5, 5.41) is 24.1. The number of piperidine rings is 1. The third-order valence-corrected chi connectivity index (χ3v) is 6.03. The van der Waals surface area contributed by atoms with Crippen LogP contribution in [0, 0.1) is 0 Å². The van der Waals surface area contributed by atoms with E-state index in [4.69, 9.17) is 17.4 Å². The minimum absolute atomic E-state index is 0.0304. The molecule has 2 aromatic rings. The van der Waals surface area contributed by atoms with E-state index in [0.29, 0.717) is 45.5 Å². The second kappa shape index (κ2) is 8.46. The van der Waals surface area contributed by atoms with E-state index in [1.54, 1.807) is 6.07 Å². The molecule has 1 aromatic carbocycles. The van der Waals surface area contributed by atoms with E-state index < -0.39 is 18.2 Å². The highest BCUT2D eigenvalue weighted by Gasteiger charge is 2.34. The maximum Gasteiger partial charge on any atom is 0.407 e. The molecule has 28 heavy (non-hydrogen) atoms. The first-order valence-electron chi connectivity index (χ1n) is 8.59. The fraction of sp³-hybridized carbons (Fsp3) is 0.412. The molecule has 1 aliphatic heterocycles. The van der Waals surface area contributed by atoms with Gasteiger partial charge in [-0.25, -0.2) is 9.78 Å². The van der Waals surface area contributed by atoms with Gasteiger partial charge < -0.3 is 21.0 Å². The number of halogens is 2. The van der Waals surface area contributed by atoms with Gasteiger partial charge in [0.15, 0.2) is 0 Å². The summed E-state index contributed by atoms with van der Waals surface area (Å²) in [6.45, 7) is 0.363. The standard InChI is InChI=1S/C17H19BrClN5O4/c18-11-6-13-10(5-12(11)19)16(26)23(8-21-13)7-9(22-20)4-14-15(25)2-1-3-24(14)17(27)28/h5-6,8,14-15,25H,1-4,7,20H2,(H,27,28)/b22-9+. The van der Waals surface area contributed by atoms with Crippen LogP contribution in [-0.4, -0.2) is 55.2 Å². The van der Waals surface area contributed by atoms with Crippen LogP contribution in [0.5, 0.6) is 0 Å². The number of aliphatic hydroxyl groups is 1. The topological polar surface area (TPSA) is 134 Å². The Balaban J connectivity index is 1.87. The smallest absolute Gasteiger partial charge is 0.407 e. The molecule has 0 saturated carbocycles. The van der Waals surface area contributed by atoms with E-state index in [1.807, 2.05) is 0 Å². The van der Waals surface area contributed by atoms with Crippen molar-refractivity contribution in [2.45, 2.75) is 38.0 Å². The molecule has 3 rings (SSSR count). The number of carbonyl (C=O) groups is 1. The number of fused-ring (bicyclic) bond motifs is 1. The number of aliphatic hydroxyl groups excluding tert-OH is 1. The van der Waals surface area contributed by atoms with Gasteiger partial charge >= 0.3 is 6.09 Å². The molecule has 9 nitrogen and oxygen atoms in total. The number of aromatic nitrogens is 2. The van der Waals surface area contributed by atoms with Crippen LogP contribution >= 0.6 is 27.5 Å². The van der Waals surface area contributed by atoms with Gasteiger partial charge in [-0.3, -0.25) is 9.36 Å². The number of benzene rings is 1. The zero-order chi connectivity index (χ0) is 20.4. The van der Waals surface area contributed by atoms with Crippen molar-refractivity contribution in [3.8, 4) is 0 Å². The number of nitrogens with two attached hydrogens (primary N) is 1. The third-order valence-electron chi connectivity index (χ3n) is 4.84. The van der Waals surface area contributed by atoms with Gasteiger partial charge in [-0.15, -0.1) is 0 Å². The van der Waals surface area contributed by atoms with Gasteiger partial charge in [0.1, 0.15) is 0 Å². The molecule has 150 valence electrons. The normalized spacial score (nSPS) is 20.5. The molecule has 1 amide bonds. The second-order valence-corrected chi connectivity index (χ2v) is 7.87. The summed E-state index contributed by atoms with van der Waals surface area (Å²) >= 11 is 9.38. The summed E-state index contributed by atoms with van der Waals surface area (Å²) in [5.74, 6) is 5.49. The van der Waals surface area contributed by atoms with Crippen molar-refractivity contribution >= 4 is 50.2 Å². The fourth-order valence-electron chi connectivity index (χ4n) is 3.38. The Morgan fingerprint density at radius 2 is 2.21 bits per heavy atom. The van der Waals surface area contributed by atoms with Crippen molar-refractivity contribution in [3.63, 3.8) is 0 Å². The average Bonchev–Trinajstić information content (AvgIpc) is 2.66. The zero-order valence-electron chi connectivity index (χ0n) is 14.8. The predicted molar refractivity (Wildman–Crippen MR) is 109 cm³/mol. The number of hydrogen-bond donors (Lipinski definition) is 3. The highest BCUT2D eigenvalue weighted by Crippen LogP contribution is 2.26. The van der Waals surface area contributed by atoms with Gasteiger partial charge in [0.25, 0.3) is 5.56 Å². The first-order chi connectivity index (χ1) is 13.3. The van der Waals surface area contributed by atoms with Crippen molar-refractivity contribution in [3.05, 3.63) is 38.3 Å². The number of amides is 1. The summed E-state index contributed by atoms with van der Waals surface area (Å²) in [4.78, 5) is 29.7. The van der Waals surface area contributed by atoms with Crippen molar-refractivity contribution in [1.29, 1.82) is 0 Å². The van der Waals surface area contributed by atoms with Crippen LogP contribution in [0.4, 0.5) is 4.79 Å². The molecule has 4 N–H and O–H groups in total. The molecule has 1 aromatic heterocycles. The molecule has 0 aliphatic carbocycles. The van der Waals surface area contributed by atoms with E-state index in [0.717, 1.165) is 0 Å². The molecule has 1 fully saturated rings. The van der Waals surface area contributed by atoms with Gasteiger partial charge in [0, 0.05) is 17.4 Å². The van der Waals surface area contributed by atoms with E-state index in [9.17, 15) is 19.8 Å². The van der Waals surface area contributed by atoms with Crippen LogP contribution < -0.4 is 11.4 Å². The maximum absolute atomic E-state index is 12.8. The molecule has 0 radical (unpaired) electrons. The Hall–Kier alpha value is -2.17. The summed E-state index contributed by atoms with van der Waals surface area (Å²) < 4.78 is 1.97. The van der Waals surface area contributed by atoms with Crippen LogP contribution in [0.1, 0.15) is 19.3 Å². The van der Waals surface area contributed by atoms with Gasteiger partial charge in [0.2, 0.25) is 0 Å². The molecule has 2 unspecified atom stereocenters. The van der Waals surface area contributed by atoms with Crippen LogP contribution in [0.3, 0.4) is 0 Å². The minimum atomic E-state index is -1.11. The molecular formula is C17H19BrClN5O4. The van der Waals surface area contributed by atoms with Gasteiger partial charge in [-0.1, -0.05) is 11.6 Å². The van der Waals surface area contributed by atoms with Crippen LogP contribution in [0.25, 0.3) is 10.9 Å². The monoisotopic (exact) mass is 471 g/mol. The van der Waals surface area contributed by atoms with Crippen molar-refractivity contribution < 1.29 is 15.0 Å². The number of nitrogens with zero attached hydrogens (tertiary/aromatic N) is 4. The first-order valence-corrected chi connectivity index (χ1v) is 9.76. The predicted octanol–water partition coefficient (Wildman–Crippen LogP) is 2.02. The Labute approximate surface area is 173 Å². The molecule has 1 aliphatic rings. The van der Waals surface area contributed by atoms with Crippen molar-refractivity contribution in [2.75, 3.05) is 6.54 Å². The second-order valence-electron chi connectivity index (χ2n) is 6.61. The lowest BCUT2D eigenvalue weighted by Gasteiger charge is -2.37. The van der Waals surface area contributed by atoms with E-state index in [-0.39, 0.29) is 18.5 Å². The summed E-state index contributed by atoms with van der Waals surface area (Å²) in [7, 11) is 0. The molecular weight excluding hydrogens is 454 g/mol. The summed E-state index contributed by atoms with van der Waals surface area (Å²) in [6.07, 6.45) is 0.660. The molecule has 2 heterocycles. The molecule has 2 atom stereocenters. The van der Waals surface area contributed by atoms with Crippen molar-refractivity contribution in [1.82, 2.24) is 14.5 Å². The fourth-order valence-corrected chi connectivity index (χ4v) is 3.88. The van der Waals surface area contributed by atoms with Crippen LogP contribution in [0.15, 0.2) is 32.8 Å². The third kappa shape index (κ3) is 4.13. The first kappa shape index (κ1) is 20.6. The lowest BCUT2D eigenvalue weighted by molar-refractivity contribution is 0.0191. The minimum Gasteiger partial charge on any atom is -0.465 e. The largest absolute Gasteiger partial charge is 0.465 e. The zero-order valence-corrected chi connectivity index (χ0v) is 17.1. The number of likely N-dealkylation sites (tertiary alicyclic amines) is 1. The highest BCUT2D eigenvalue weighted by atomic mass is 79.9. The van der Waals surface area contributed by atoms with E-state index in [2.05, 4.69) is 26.0 Å². The number of hydrazone groups is 1. The maximum atomic E-state index is 12.8. The van der Waals surface area contributed by atoms with E-state index in [1.165, 1.54) is 21.9 Å². The van der Waals surface area contributed by atoms with Gasteiger partial charge in [-0.05, 0) is 40.9 Å². The van der Waals surface area contributed by atoms with Crippen LogP contribution in [0.2, 0.25) is 5.02 Å². The number of carboxylic acid groups (broad SMARTS) is 1. The quantitative estimate of drug-likeness (QED) is 0.354. The van der Waals surface area contributed by atoms with Crippen molar-refractivity contribution in [2.24, 2.45) is 10.9 Å². The Morgan fingerprint density at radius 1 is 1.46 bits per heavy atom. The lowest BCUT2D eigenvalue weighted by atomic mass is 9.94. The van der Waals surface area contributed by atoms with Gasteiger partial charge in [0.05, 0.1) is 46.7 Å². The summed E-state index contributed by atoms with van der Waals surface area (Å²) in [5.41, 5.74) is 0.548. The Morgan fingerprint density at radius 3 is 2.89 bits per heavy atom. The number of hydrogen-bond acceptors (Lipinski definition) is 6. The van der Waals surface area contributed by atoms with E-state index >= 15 is 0 Å². The average molecular weight is 473 g/mol. The summed E-state index contributed by atoms with van der Waals surface area (Å²) in [6, 6.07) is 2.52.